The monoisotopic (exact) mass is 212 g/mol. The molecule has 1 aliphatic carbocycles. The Hall–Kier alpha value is -1.82. The topological polar surface area (TPSA) is 52.9 Å². The van der Waals surface area contributed by atoms with Crippen LogP contribution >= 0.6 is 0 Å². The number of rotatable bonds is 0. The minimum absolute atomic E-state index is 0.0861. The standard InChI is InChI=1S/C13H12N2O/c1-7-9-5-10(9)11-4-8(6-14)2-3-12(11)15-13(7)16/h2-4,7,9-10H,5H2,1H3,(H,15,16)/t7-,9-,10?/m1/s1. The van der Waals surface area contributed by atoms with Crippen molar-refractivity contribution < 1.29 is 4.79 Å². The fraction of sp³-hybridized carbons (Fsp3) is 0.385. The Balaban J connectivity index is 2.09. The van der Waals surface area contributed by atoms with Crippen molar-refractivity contribution in [3.8, 4) is 6.07 Å². The number of hydrogen-bond acceptors (Lipinski definition) is 2. The van der Waals surface area contributed by atoms with Gasteiger partial charge in [-0.15, -0.1) is 0 Å². The molecule has 1 unspecified atom stereocenters. The average molecular weight is 212 g/mol. The van der Waals surface area contributed by atoms with Crippen LogP contribution in [0.2, 0.25) is 0 Å². The quantitative estimate of drug-likeness (QED) is 0.717. The molecule has 1 heterocycles. The van der Waals surface area contributed by atoms with E-state index in [1.165, 1.54) is 0 Å². The Bertz CT molecular complexity index is 515. The second kappa shape index (κ2) is 3.08. The van der Waals surface area contributed by atoms with Gasteiger partial charge in [-0.25, -0.2) is 0 Å². The molecule has 16 heavy (non-hydrogen) atoms. The highest BCUT2D eigenvalue weighted by Crippen LogP contribution is 2.55. The van der Waals surface area contributed by atoms with Crippen molar-refractivity contribution in [1.29, 1.82) is 5.26 Å². The van der Waals surface area contributed by atoms with Gasteiger partial charge in [-0.3, -0.25) is 4.79 Å². The lowest BCUT2D eigenvalue weighted by atomic mass is 10.0. The molecular weight excluding hydrogens is 200 g/mol. The average Bonchev–Trinajstić information content (AvgIpc) is 3.08. The molecule has 1 amide bonds. The van der Waals surface area contributed by atoms with Gasteiger partial charge >= 0.3 is 0 Å². The predicted molar refractivity (Wildman–Crippen MR) is 59.8 cm³/mol. The Morgan fingerprint density at radius 3 is 3.06 bits per heavy atom. The van der Waals surface area contributed by atoms with Crippen LogP contribution in [-0.2, 0) is 4.79 Å². The number of nitrogens with one attached hydrogen (secondary N) is 1. The maximum atomic E-state index is 11.8. The van der Waals surface area contributed by atoms with Crippen LogP contribution in [0, 0.1) is 23.2 Å². The molecule has 0 aromatic heterocycles. The highest BCUT2D eigenvalue weighted by Gasteiger charge is 2.47. The number of nitriles is 1. The van der Waals surface area contributed by atoms with Crippen LogP contribution in [0.15, 0.2) is 18.2 Å². The van der Waals surface area contributed by atoms with Crippen LogP contribution in [0.4, 0.5) is 5.69 Å². The van der Waals surface area contributed by atoms with Crippen molar-refractivity contribution in [2.24, 2.45) is 11.8 Å². The molecule has 0 radical (unpaired) electrons. The summed E-state index contributed by atoms with van der Waals surface area (Å²) in [5.74, 6) is 1.13. The molecule has 1 fully saturated rings. The van der Waals surface area contributed by atoms with E-state index in [0.717, 1.165) is 17.7 Å². The molecule has 2 aliphatic rings. The molecule has 3 atom stereocenters. The Morgan fingerprint density at radius 2 is 2.31 bits per heavy atom. The molecule has 0 saturated heterocycles. The number of carbonyl (C=O) groups is 1. The van der Waals surface area contributed by atoms with Gasteiger partial charge in [0.2, 0.25) is 5.91 Å². The molecule has 80 valence electrons. The van der Waals surface area contributed by atoms with E-state index in [9.17, 15) is 4.79 Å². The molecule has 3 rings (SSSR count). The van der Waals surface area contributed by atoms with Crippen LogP contribution in [0.25, 0.3) is 0 Å². The van der Waals surface area contributed by atoms with Crippen LogP contribution in [0.1, 0.15) is 30.4 Å². The summed E-state index contributed by atoms with van der Waals surface area (Å²) in [6.07, 6.45) is 1.08. The largest absolute Gasteiger partial charge is 0.326 e. The highest BCUT2D eigenvalue weighted by atomic mass is 16.1. The second-order valence-corrected chi connectivity index (χ2v) is 4.70. The summed E-state index contributed by atoms with van der Waals surface area (Å²) in [6.45, 7) is 1.98. The number of amides is 1. The highest BCUT2D eigenvalue weighted by molar-refractivity contribution is 5.95. The van der Waals surface area contributed by atoms with Gasteiger partial charge in [-0.1, -0.05) is 6.92 Å². The maximum absolute atomic E-state index is 11.8. The maximum Gasteiger partial charge on any atom is 0.227 e. The fourth-order valence-electron chi connectivity index (χ4n) is 2.62. The van der Waals surface area contributed by atoms with Gasteiger partial charge in [0.15, 0.2) is 0 Å². The normalized spacial score (nSPS) is 30.5. The van der Waals surface area contributed by atoms with Crippen molar-refractivity contribution in [2.45, 2.75) is 19.3 Å². The van der Waals surface area contributed by atoms with Gasteiger partial charge in [-0.05, 0) is 42.0 Å². The number of nitrogens with zero attached hydrogens (tertiary/aromatic N) is 1. The summed E-state index contributed by atoms with van der Waals surface area (Å²) >= 11 is 0. The number of benzene rings is 1. The molecule has 3 nitrogen and oxygen atoms in total. The first-order chi connectivity index (χ1) is 7.70. The molecule has 1 saturated carbocycles. The van der Waals surface area contributed by atoms with Gasteiger partial charge in [0.25, 0.3) is 0 Å². The fourth-order valence-corrected chi connectivity index (χ4v) is 2.62. The lowest BCUT2D eigenvalue weighted by Crippen LogP contribution is -2.20. The number of anilines is 1. The molecule has 1 N–H and O–H groups in total. The smallest absolute Gasteiger partial charge is 0.227 e. The minimum Gasteiger partial charge on any atom is -0.326 e. The number of carbonyl (C=O) groups excluding carboxylic acids is 1. The van der Waals surface area contributed by atoms with E-state index in [1.54, 1.807) is 6.07 Å². The van der Waals surface area contributed by atoms with E-state index >= 15 is 0 Å². The van der Waals surface area contributed by atoms with E-state index < -0.39 is 0 Å². The van der Waals surface area contributed by atoms with Gasteiger partial charge in [-0.2, -0.15) is 5.26 Å². The van der Waals surface area contributed by atoms with Crippen LogP contribution in [0.5, 0.6) is 0 Å². The predicted octanol–water partition coefficient (Wildman–Crippen LogP) is 2.25. The first kappa shape index (κ1) is 9.41. The third kappa shape index (κ3) is 1.23. The molecule has 0 bridgehead atoms. The first-order valence-corrected chi connectivity index (χ1v) is 5.55. The lowest BCUT2D eigenvalue weighted by Gasteiger charge is -2.09. The number of hydrogen-bond donors (Lipinski definition) is 1. The summed E-state index contributed by atoms with van der Waals surface area (Å²) in [7, 11) is 0. The lowest BCUT2D eigenvalue weighted by molar-refractivity contribution is -0.119. The second-order valence-electron chi connectivity index (χ2n) is 4.70. The van der Waals surface area contributed by atoms with Crippen molar-refractivity contribution in [1.82, 2.24) is 0 Å². The molecule has 0 spiro atoms. The van der Waals surface area contributed by atoms with Gasteiger partial charge in [0, 0.05) is 11.6 Å². The van der Waals surface area contributed by atoms with E-state index in [4.69, 9.17) is 5.26 Å². The third-order valence-corrected chi connectivity index (χ3v) is 3.73. The summed E-state index contributed by atoms with van der Waals surface area (Å²) in [5, 5.41) is 11.8. The summed E-state index contributed by atoms with van der Waals surface area (Å²) in [5.41, 5.74) is 2.70. The molecule has 1 aromatic carbocycles. The zero-order chi connectivity index (χ0) is 11.3. The van der Waals surface area contributed by atoms with E-state index in [-0.39, 0.29) is 11.8 Å². The van der Waals surface area contributed by atoms with E-state index in [1.807, 2.05) is 19.1 Å². The van der Waals surface area contributed by atoms with Gasteiger partial charge in [0.05, 0.1) is 11.6 Å². The van der Waals surface area contributed by atoms with Crippen molar-refractivity contribution >= 4 is 11.6 Å². The zero-order valence-corrected chi connectivity index (χ0v) is 9.03. The zero-order valence-electron chi connectivity index (χ0n) is 9.03. The van der Waals surface area contributed by atoms with Gasteiger partial charge in [0.1, 0.15) is 0 Å². The van der Waals surface area contributed by atoms with Crippen LogP contribution < -0.4 is 5.32 Å². The molecular formula is C13H12N2O. The minimum atomic E-state index is 0.0861. The van der Waals surface area contributed by atoms with E-state index in [2.05, 4.69) is 11.4 Å². The SMILES string of the molecule is C[C@H]1C(=O)Nc2ccc(C#N)cc2C2C[C@@H]21. The van der Waals surface area contributed by atoms with Crippen molar-refractivity contribution in [3.05, 3.63) is 29.3 Å². The van der Waals surface area contributed by atoms with Crippen LogP contribution in [0.3, 0.4) is 0 Å². The number of fused-ring (bicyclic) bond motifs is 3. The summed E-state index contributed by atoms with van der Waals surface area (Å²) in [6, 6.07) is 7.66. The Morgan fingerprint density at radius 1 is 1.50 bits per heavy atom. The molecule has 1 aliphatic heterocycles. The van der Waals surface area contributed by atoms with Crippen molar-refractivity contribution in [3.63, 3.8) is 0 Å². The van der Waals surface area contributed by atoms with Gasteiger partial charge < -0.3 is 5.32 Å². The van der Waals surface area contributed by atoms with Crippen molar-refractivity contribution in [2.75, 3.05) is 5.32 Å². The Kier molecular flexibility index (Phi) is 1.81. The summed E-state index contributed by atoms with van der Waals surface area (Å²) in [4.78, 5) is 11.8. The third-order valence-electron chi connectivity index (χ3n) is 3.73. The summed E-state index contributed by atoms with van der Waals surface area (Å²) < 4.78 is 0. The molecule has 3 heteroatoms. The first-order valence-electron chi connectivity index (χ1n) is 5.55. The Labute approximate surface area is 94.1 Å². The van der Waals surface area contributed by atoms with Crippen LogP contribution in [-0.4, -0.2) is 5.91 Å². The molecule has 1 aromatic rings. The van der Waals surface area contributed by atoms with E-state index in [0.29, 0.717) is 17.4 Å².